The highest BCUT2D eigenvalue weighted by molar-refractivity contribution is 5.94. The fraction of sp³-hybridized carbons (Fsp3) is 0.350. The standard InChI is InChI=1S/C20H21FN4O3/c1-4-25-16-7-8-24(20(26)13-5-6-17(27-3)15(21)9-13)11-14(16)18(23-25)19-22-10-12(2)28-19/h5-6,9-10H,4,7-8,11H2,1-3H3. The van der Waals surface area contributed by atoms with Gasteiger partial charge in [0.1, 0.15) is 5.76 Å². The Bertz CT molecular complexity index is 1040. The van der Waals surface area contributed by atoms with Crippen LogP contribution in [0.2, 0.25) is 0 Å². The maximum absolute atomic E-state index is 14.0. The molecular formula is C20H21FN4O3. The zero-order valence-corrected chi connectivity index (χ0v) is 16.0. The van der Waals surface area contributed by atoms with E-state index in [1.54, 1.807) is 17.2 Å². The molecule has 0 atom stereocenters. The molecule has 3 heterocycles. The summed E-state index contributed by atoms with van der Waals surface area (Å²) in [6.07, 6.45) is 2.32. The van der Waals surface area contributed by atoms with Crippen LogP contribution in [0.25, 0.3) is 11.6 Å². The third-order valence-electron chi connectivity index (χ3n) is 4.94. The van der Waals surface area contributed by atoms with Crippen LogP contribution in [0.4, 0.5) is 4.39 Å². The second-order valence-corrected chi connectivity index (χ2v) is 6.69. The summed E-state index contributed by atoms with van der Waals surface area (Å²) in [6.45, 7) is 5.48. The van der Waals surface area contributed by atoms with Crippen LogP contribution in [0.3, 0.4) is 0 Å². The van der Waals surface area contributed by atoms with E-state index in [9.17, 15) is 9.18 Å². The molecule has 0 fully saturated rings. The molecule has 3 aromatic rings. The Kier molecular flexibility index (Phi) is 4.62. The number of halogens is 1. The lowest BCUT2D eigenvalue weighted by molar-refractivity contribution is 0.0733. The third-order valence-corrected chi connectivity index (χ3v) is 4.94. The van der Waals surface area contributed by atoms with Gasteiger partial charge in [0.2, 0.25) is 5.89 Å². The number of carbonyl (C=O) groups is 1. The van der Waals surface area contributed by atoms with E-state index in [0.717, 1.165) is 17.8 Å². The summed E-state index contributed by atoms with van der Waals surface area (Å²) in [6, 6.07) is 4.26. The van der Waals surface area contributed by atoms with Crippen LogP contribution >= 0.6 is 0 Å². The summed E-state index contributed by atoms with van der Waals surface area (Å²) in [4.78, 5) is 18.9. The summed E-state index contributed by atoms with van der Waals surface area (Å²) in [5.74, 6) is 0.480. The van der Waals surface area contributed by atoms with Gasteiger partial charge in [0.05, 0.1) is 19.9 Å². The van der Waals surface area contributed by atoms with Crippen molar-refractivity contribution in [3.05, 3.63) is 52.8 Å². The summed E-state index contributed by atoms with van der Waals surface area (Å²) in [5, 5.41) is 4.64. The van der Waals surface area contributed by atoms with E-state index in [1.807, 2.05) is 18.5 Å². The van der Waals surface area contributed by atoms with Crippen molar-refractivity contribution in [1.82, 2.24) is 19.7 Å². The molecule has 7 nitrogen and oxygen atoms in total. The molecule has 8 heteroatoms. The summed E-state index contributed by atoms with van der Waals surface area (Å²) >= 11 is 0. The van der Waals surface area contributed by atoms with Gasteiger partial charge < -0.3 is 14.1 Å². The number of benzene rings is 1. The van der Waals surface area contributed by atoms with E-state index in [1.165, 1.54) is 19.2 Å². The van der Waals surface area contributed by atoms with Crippen LogP contribution in [-0.2, 0) is 19.5 Å². The highest BCUT2D eigenvalue weighted by Crippen LogP contribution is 2.31. The first-order chi connectivity index (χ1) is 13.5. The predicted molar refractivity (Wildman–Crippen MR) is 99.5 cm³/mol. The van der Waals surface area contributed by atoms with Crippen molar-refractivity contribution < 1.29 is 18.3 Å². The molecule has 1 aliphatic rings. The molecule has 0 saturated carbocycles. The molecule has 1 aromatic carbocycles. The zero-order valence-electron chi connectivity index (χ0n) is 16.0. The van der Waals surface area contributed by atoms with Crippen molar-refractivity contribution in [2.75, 3.05) is 13.7 Å². The number of ether oxygens (including phenoxy) is 1. The van der Waals surface area contributed by atoms with E-state index < -0.39 is 5.82 Å². The molecule has 0 aliphatic carbocycles. The molecule has 28 heavy (non-hydrogen) atoms. The van der Waals surface area contributed by atoms with E-state index in [-0.39, 0.29) is 17.2 Å². The SMILES string of the molecule is CCn1nc(-c2ncc(C)o2)c2c1CCN(C(=O)c1ccc(OC)c(F)c1)C2. The lowest BCUT2D eigenvalue weighted by Gasteiger charge is -2.28. The molecule has 2 aromatic heterocycles. The molecule has 1 aliphatic heterocycles. The van der Waals surface area contributed by atoms with Crippen molar-refractivity contribution in [3.8, 4) is 17.3 Å². The van der Waals surface area contributed by atoms with Gasteiger partial charge in [0, 0.05) is 36.3 Å². The first-order valence-electron chi connectivity index (χ1n) is 9.16. The molecule has 0 saturated heterocycles. The van der Waals surface area contributed by atoms with Crippen LogP contribution < -0.4 is 4.74 Å². The molecule has 0 bridgehead atoms. The zero-order chi connectivity index (χ0) is 19.8. The topological polar surface area (TPSA) is 73.4 Å². The summed E-state index contributed by atoms with van der Waals surface area (Å²) < 4.78 is 26.5. The largest absolute Gasteiger partial charge is 0.494 e. The van der Waals surface area contributed by atoms with Gasteiger partial charge in [-0.2, -0.15) is 5.10 Å². The second kappa shape index (κ2) is 7.10. The summed E-state index contributed by atoms with van der Waals surface area (Å²) in [7, 11) is 1.39. The molecule has 4 rings (SSSR count). The average Bonchev–Trinajstić information content (AvgIpc) is 3.30. The number of fused-ring (bicyclic) bond motifs is 1. The lowest BCUT2D eigenvalue weighted by atomic mass is 10.0. The average molecular weight is 384 g/mol. The third kappa shape index (κ3) is 3.04. The van der Waals surface area contributed by atoms with E-state index in [4.69, 9.17) is 9.15 Å². The maximum Gasteiger partial charge on any atom is 0.254 e. The molecule has 1 amide bonds. The Hall–Kier alpha value is -3.16. The minimum Gasteiger partial charge on any atom is -0.494 e. The maximum atomic E-state index is 14.0. The fourth-order valence-corrected chi connectivity index (χ4v) is 3.54. The van der Waals surface area contributed by atoms with Crippen molar-refractivity contribution in [1.29, 1.82) is 0 Å². The number of carbonyl (C=O) groups excluding carboxylic acids is 1. The number of amides is 1. The van der Waals surface area contributed by atoms with E-state index in [2.05, 4.69) is 10.1 Å². The van der Waals surface area contributed by atoms with Crippen molar-refractivity contribution in [2.24, 2.45) is 0 Å². The number of nitrogens with zero attached hydrogens (tertiary/aromatic N) is 4. The van der Waals surface area contributed by atoms with Crippen LogP contribution in [-0.4, -0.2) is 39.2 Å². The molecular weight excluding hydrogens is 363 g/mol. The molecule has 0 spiro atoms. The van der Waals surface area contributed by atoms with Gasteiger partial charge in [-0.15, -0.1) is 0 Å². The molecule has 0 unspecified atom stereocenters. The Morgan fingerprint density at radius 1 is 1.39 bits per heavy atom. The second-order valence-electron chi connectivity index (χ2n) is 6.69. The minimum absolute atomic E-state index is 0.114. The number of aryl methyl sites for hydroxylation is 2. The van der Waals surface area contributed by atoms with Gasteiger partial charge in [-0.25, -0.2) is 9.37 Å². The highest BCUT2D eigenvalue weighted by Gasteiger charge is 2.30. The Morgan fingerprint density at radius 3 is 2.86 bits per heavy atom. The normalized spacial score (nSPS) is 13.5. The number of aromatic nitrogens is 3. The predicted octanol–water partition coefficient (Wildman–Crippen LogP) is 3.21. The Morgan fingerprint density at radius 2 is 2.21 bits per heavy atom. The van der Waals surface area contributed by atoms with Gasteiger partial charge in [-0.3, -0.25) is 9.48 Å². The first kappa shape index (κ1) is 18.2. The van der Waals surface area contributed by atoms with Crippen LogP contribution in [0.1, 0.15) is 34.3 Å². The lowest BCUT2D eigenvalue weighted by Crippen LogP contribution is -2.36. The molecule has 0 radical (unpaired) electrons. The van der Waals surface area contributed by atoms with Gasteiger partial charge in [0.25, 0.3) is 5.91 Å². The number of rotatable bonds is 4. The fourth-order valence-electron chi connectivity index (χ4n) is 3.54. The van der Waals surface area contributed by atoms with Gasteiger partial charge in [-0.05, 0) is 32.0 Å². The minimum atomic E-state index is -0.555. The van der Waals surface area contributed by atoms with Gasteiger partial charge in [-0.1, -0.05) is 0 Å². The van der Waals surface area contributed by atoms with Crippen molar-refractivity contribution >= 4 is 5.91 Å². The number of hydrogen-bond donors (Lipinski definition) is 0. The van der Waals surface area contributed by atoms with Crippen LogP contribution in [0, 0.1) is 12.7 Å². The first-order valence-corrected chi connectivity index (χ1v) is 9.16. The molecule has 0 N–H and O–H groups in total. The van der Waals surface area contributed by atoms with E-state index in [0.29, 0.717) is 36.9 Å². The van der Waals surface area contributed by atoms with Gasteiger partial charge >= 0.3 is 0 Å². The van der Waals surface area contributed by atoms with Crippen LogP contribution in [0.5, 0.6) is 5.75 Å². The molecule has 146 valence electrons. The number of hydrogen-bond acceptors (Lipinski definition) is 5. The van der Waals surface area contributed by atoms with Gasteiger partial charge in [0.15, 0.2) is 17.3 Å². The smallest absolute Gasteiger partial charge is 0.254 e. The highest BCUT2D eigenvalue weighted by atomic mass is 19.1. The van der Waals surface area contributed by atoms with Crippen LogP contribution in [0.15, 0.2) is 28.8 Å². The Balaban J connectivity index is 1.66. The van der Waals surface area contributed by atoms with Crippen molar-refractivity contribution in [3.63, 3.8) is 0 Å². The van der Waals surface area contributed by atoms with Crippen molar-refractivity contribution in [2.45, 2.75) is 33.4 Å². The number of methoxy groups -OCH3 is 1. The summed E-state index contributed by atoms with van der Waals surface area (Å²) in [5.41, 5.74) is 2.96. The van der Waals surface area contributed by atoms with E-state index >= 15 is 0 Å². The Labute approximate surface area is 161 Å². The number of oxazole rings is 1. The quantitative estimate of drug-likeness (QED) is 0.691. The monoisotopic (exact) mass is 384 g/mol.